The third-order valence-corrected chi connectivity index (χ3v) is 10.6. The topological polar surface area (TPSA) is 86.1 Å². The molecular weight excluding hydrogens is 520 g/mol. The number of fused-ring (bicyclic) bond motifs is 3. The predicted octanol–water partition coefficient (Wildman–Crippen LogP) is 4.42. The Bertz CT molecular complexity index is 1300. The van der Waals surface area contributed by atoms with Crippen molar-refractivity contribution >= 4 is 22.8 Å². The molecule has 4 aliphatic heterocycles. The number of para-hydroxylation sites is 2. The van der Waals surface area contributed by atoms with Gasteiger partial charge in [-0.3, -0.25) is 14.5 Å². The molecule has 1 saturated carbocycles. The molecule has 41 heavy (non-hydrogen) atoms. The van der Waals surface area contributed by atoms with Crippen molar-refractivity contribution in [1.82, 2.24) is 14.5 Å². The summed E-state index contributed by atoms with van der Waals surface area (Å²) in [6, 6.07) is 9.96. The van der Waals surface area contributed by atoms with Crippen LogP contribution in [0, 0.1) is 5.92 Å². The van der Waals surface area contributed by atoms with Gasteiger partial charge in [0.15, 0.2) is 11.6 Å². The molecule has 2 aromatic rings. The van der Waals surface area contributed by atoms with E-state index in [9.17, 15) is 9.59 Å². The van der Waals surface area contributed by atoms with Crippen LogP contribution in [0.4, 0.5) is 5.82 Å². The van der Waals surface area contributed by atoms with Crippen LogP contribution in [0.25, 0.3) is 11.0 Å². The Balaban J connectivity index is 1.20. The van der Waals surface area contributed by atoms with E-state index >= 15 is 0 Å². The average molecular weight is 565 g/mol. The van der Waals surface area contributed by atoms with E-state index in [1.165, 1.54) is 64.9 Å². The lowest BCUT2D eigenvalue weighted by Crippen LogP contribution is -2.57. The molecule has 1 spiro atoms. The number of benzene rings is 1. The number of carbonyl (C=O) groups is 1. The van der Waals surface area contributed by atoms with Gasteiger partial charge in [-0.15, -0.1) is 0 Å². The Labute approximate surface area is 242 Å². The maximum atomic E-state index is 14.4. The van der Waals surface area contributed by atoms with Gasteiger partial charge in [0.25, 0.3) is 5.56 Å². The predicted molar refractivity (Wildman–Crippen MR) is 156 cm³/mol. The molecule has 4 saturated heterocycles. The second-order valence-electron chi connectivity index (χ2n) is 12.8. The van der Waals surface area contributed by atoms with Gasteiger partial charge in [0.05, 0.1) is 31.4 Å². The number of carbonyl (C=O) groups excluding carboxylic acids is 1. The molecule has 5 fully saturated rings. The quantitative estimate of drug-likeness (QED) is 0.505. The number of methoxy groups -OCH3 is 1. The van der Waals surface area contributed by atoms with Gasteiger partial charge >= 0.3 is 5.97 Å². The minimum atomic E-state index is -0.984. The zero-order chi connectivity index (χ0) is 28.0. The number of hydrogen-bond acceptors (Lipinski definition) is 8. The minimum Gasteiger partial charge on any atom is -0.469 e. The van der Waals surface area contributed by atoms with Gasteiger partial charge in [0.2, 0.25) is 0 Å². The lowest BCUT2D eigenvalue weighted by atomic mass is 9.89. The number of ether oxygens (including phenoxy) is 3. The third kappa shape index (κ3) is 4.87. The van der Waals surface area contributed by atoms with Crippen molar-refractivity contribution in [3.63, 3.8) is 0 Å². The maximum Gasteiger partial charge on any atom is 0.315 e. The Hall–Kier alpha value is -2.49. The summed E-state index contributed by atoms with van der Waals surface area (Å²) >= 11 is 0. The van der Waals surface area contributed by atoms with E-state index in [-0.39, 0.29) is 24.1 Å². The lowest BCUT2D eigenvalue weighted by molar-refractivity contribution is -0.214. The highest BCUT2D eigenvalue weighted by Crippen LogP contribution is 2.44. The van der Waals surface area contributed by atoms with Gasteiger partial charge in [0, 0.05) is 43.7 Å². The van der Waals surface area contributed by atoms with Gasteiger partial charge in [-0.2, -0.15) is 0 Å². The zero-order valence-electron chi connectivity index (χ0n) is 24.3. The van der Waals surface area contributed by atoms with Crippen LogP contribution in [-0.4, -0.2) is 77.7 Å². The van der Waals surface area contributed by atoms with E-state index in [1.54, 1.807) is 0 Å². The summed E-state index contributed by atoms with van der Waals surface area (Å²) in [6.07, 6.45) is 14.4. The van der Waals surface area contributed by atoms with Gasteiger partial charge in [-0.05, 0) is 50.7 Å². The van der Waals surface area contributed by atoms with Crippen molar-refractivity contribution in [2.45, 2.75) is 107 Å². The molecule has 0 radical (unpaired) electrons. The Kier molecular flexibility index (Phi) is 7.54. The minimum absolute atomic E-state index is 0.0553. The fourth-order valence-electron chi connectivity index (χ4n) is 8.75. The summed E-state index contributed by atoms with van der Waals surface area (Å²) in [7, 11) is 1.39. The molecule has 5 heterocycles. The molecular formula is C32H44N4O5. The molecule has 2 bridgehead atoms. The molecule has 1 aromatic carbocycles. The zero-order valence-corrected chi connectivity index (χ0v) is 24.3. The monoisotopic (exact) mass is 564 g/mol. The number of hydrogen-bond donors (Lipinski definition) is 0. The number of nitrogens with zero attached hydrogens (tertiary/aromatic N) is 4. The standard InChI is InChI=1S/C32H44N4O5/c1-39-31(38)26-21-34(16-15-32(26)40-17-18-41-32)29-30(37)36(28-12-8-7-11-27(28)33-29)25-19-23-13-14-24(20-25)35(23)22-9-5-3-2-4-6-10-22/h7-8,11-12,22-26H,2-6,9-10,13-21H2,1H3/t23-,24+,25+,26?. The van der Waals surface area contributed by atoms with Crippen molar-refractivity contribution in [1.29, 1.82) is 0 Å². The van der Waals surface area contributed by atoms with Crippen LogP contribution in [0.15, 0.2) is 29.1 Å². The normalized spacial score (nSPS) is 30.9. The van der Waals surface area contributed by atoms with Crippen molar-refractivity contribution < 1.29 is 19.0 Å². The molecule has 5 aliphatic rings. The van der Waals surface area contributed by atoms with E-state index in [1.807, 2.05) is 29.2 Å². The van der Waals surface area contributed by atoms with Crippen LogP contribution >= 0.6 is 0 Å². The van der Waals surface area contributed by atoms with E-state index in [2.05, 4.69) is 9.47 Å². The van der Waals surface area contributed by atoms with Crippen LogP contribution in [-0.2, 0) is 19.0 Å². The van der Waals surface area contributed by atoms with Crippen LogP contribution in [0.2, 0.25) is 0 Å². The van der Waals surface area contributed by atoms with Gasteiger partial charge in [-0.25, -0.2) is 4.98 Å². The molecule has 1 aliphatic carbocycles. The number of piperidine rings is 2. The van der Waals surface area contributed by atoms with Crippen molar-refractivity contribution in [2.75, 3.05) is 38.3 Å². The second-order valence-corrected chi connectivity index (χ2v) is 12.8. The highest BCUT2D eigenvalue weighted by Gasteiger charge is 2.53. The second kappa shape index (κ2) is 11.3. The summed E-state index contributed by atoms with van der Waals surface area (Å²) in [5.74, 6) is -1.59. The Morgan fingerprint density at radius 1 is 0.927 bits per heavy atom. The largest absolute Gasteiger partial charge is 0.469 e. The molecule has 0 N–H and O–H groups in total. The van der Waals surface area contributed by atoms with E-state index in [4.69, 9.17) is 19.2 Å². The first-order valence-electron chi connectivity index (χ1n) is 16.0. The number of anilines is 1. The Morgan fingerprint density at radius 3 is 2.32 bits per heavy atom. The van der Waals surface area contributed by atoms with Gasteiger partial charge in [0.1, 0.15) is 5.92 Å². The molecule has 1 unspecified atom stereocenters. The smallest absolute Gasteiger partial charge is 0.315 e. The Morgan fingerprint density at radius 2 is 1.61 bits per heavy atom. The summed E-state index contributed by atoms with van der Waals surface area (Å²) < 4.78 is 19.1. The first kappa shape index (κ1) is 27.3. The summed E-state index contributed by atoms with van der Waals surface area (Å²) in [4.78, 5) is 37.0. The van der Waals surface area contributed by atoms with Crippen LogP contribution in [0.1, 0.15) is 83.1 Å². The SMILES string of the molecule is COC(=O)C1CN(c2nc3ccccc3n([C@H]3C[C@H]4CC[C@@H](C3)N4C3CCCCCCC3)c2=O)CCC12OCCO2. The maximum absolute atomic E-state index is 14.4. The van der Waals surface area contributed by atoms with Gasteiger partial charge in [-0.1, -0.05) is 44.2 Å². The number of aromatic nitrogens is 2. The average Bonchev–Trinajstić information content (AvgIpc) is 3.54. The van der Waals surface area contributed by atoms with Crippen LogP contribution in [0.3, 0.4) is 0 Å². The number of rotatable bonds is 4. The van der Waals surface area contributed by atoms with E-state index < -0.39 is 11.7 Å². The van der Waals surface area contributed by atoms with Crippen LogP contribution in [0.5, 0.6) is 0 Å². The first-order valence-corrected chi connectivity index (χ1v) is 16.0. The van der Waals surface area contributed by atoms with Gasteiger partial charge < -0.3 is 23.7 Å². The van der Waals surface area contributed by atoms with Crippen molar-refractivity contribution in [3.8, 4) is 0 Å². The van der Waals surface area contributed by atoms with E-state index in [0.29, 0.717) is 50.1 Å². The van der Waals surface area contributed by atoms with Crippen molar-refractivity contribution in [3.05, 3.63) is 34.6 Å². The summed E-state index contributed by atoms with van der Waals surface area (Å²) in [6.45, 7) is 1.71. The van der Waals surface area contributed by atoms with E-state index in [0.717, 1.165) is 23.9 Å². The highest BCUT2D eigenvalue weighted by molar-refractivity contribution is 5.77. The molecule has 0 amide bonds. The summed E-state index contributed by atoms with van der Waals surface area (Å²) in [5.41, 5.74) is 1.67. The lowest BCUT2D eigenvalue weighted by Gasteiger charge is -2.45. The molecule has 1 aromatic heterocycles. The molecule has 7 rings (SSSR count). The van der Waals surface area contributed by atoms with Crippen LogP contribution < -0.4 is 10.5 Å². The summed E-state index contributed by atoms with van der Waals surface area (Å²) in [5, 5.41) is 0. The molecule has 222 valence electrons. The molecule has 9 nitrogen and oxygen atoms in total. The fourth-order valence-corrected chi connectivity index (χ4v) is 8.75. The first-order chi connectivity index (χ1) is 20.1. The van der Waals surface area contributed by atoms with Crippen molar-refractivity contribution in [2.24, 2.45) is 5.92 Å². The molecule has 4 atom stereocenters. The fraction of sp³-hybridized carbons (Fsp3) is 0.719. The highest BCUT2D eigenvalue weighted by atomic mass is 16.7. The molecule has 9 heteroatoms. The number of esters is 1. The third-order valence-electron chi connectivity index (χ3n) is 10.6.